The van der Waals surface area contributed by atoms with Crippen LogP contribution in [0.15, 0.2) is 0 Å². The molecule has 0 aliphatic carbocycles. The van der Waals surface area contributed by atoms with E-state index in [9.17, 15) is 4.79 Å². The molecule has 15 heavy (non-hydrogen) atoms. The molecule has 1 heterocycles. The Morgan fingerprint density at radius 1 is 1.53 bits per heavy atom. The van der Waals surface area contributed by atoms with Crippen molar-refractivity contribution in [2.75, 3.05) is 19.6 Å². The quantitative estimate of drug-likeness (QED) is 0.554. The minimum atomic E-state index is 0.180. The maximum absolute atomic E-state index is 11.8. The van der Waals surface area contributed by atoms with Gasteiger partial charge in [-0.3, -0.25) is 10.1 Å². The van der Waals surface area contributed by atoms with E-state index < -0.39 is 0 Å². The monoisotopic (exact) mass is 208 g/mol. The summed E-state index contributed by atoms with van der Waals surface area (Å²) in [6.45, 7) is 3.87. The number of hydrogen-bond donors (Lipinski definition) is 1. The van der Waals surface area contributed by atoms with Crippen LogP contribution in [0.1, 0.15) is 32.6 Å². The lowest BCUT2D eigenvalue weighted by Crippen LogP contribution is -2.43. The molecule has 1 unspecified atom stereocenters. The van der Waals surface area contributed by atoms with Crippen LogP contribution in [-0.2, 0) is 4.79 Å². The molecular formula is C12H20N2O. The Balaban J connectivity index is 2.38. The van der Waals surface area contributed by atoms with Crippen molar-refractivity contribution < 1.29 is 4.79 Å². The molecule has 3 nitrogen and oxygen atoms in total. The minimum absolute atomic E-state index is 0.180. The zero-order valence-corrected chi connectivity index (χ0v) is 9.46. The molecule has 1 aliphatic rings. The molecule has 1 N–H and O–H groups in total. The van der Waals surface area contributed by atoms with E-state index in [1.165, 1.54) is 12.8 Å². The summed E-state index contributed by atoms with van der Waals surface area (Å²) in [5, 5.41) is 2.95. The zero-order chi connectivity index (χ0) is 11.1. The molecule has 0 aromatic rings. The normalized spacial score (nSPS) is 21.9. The fourth-order valence-corrected chi connectivity index (χ4v) is 1.99. The van der Waals surface area contributed by atoms with E-state index in [-0.39, 0.29) is 5.91 Å². The van der Waals surface area contributed by atoms with Gasteiger partial charge in [0.05, 0.1) is 13.1 Å². The van der Waals surface area contributed by atoms with Gasteiger partial charge < -0.3 is 4.90 Å². The highest BCUT2D eigenvalue weighted by Gasteiger charge is 2.20. The van der Waals surface area contributed by atoms with Crippen LogP contribution in [0.2, 0.25) is 0 Å². The van der Waals surface area contributed by atoms with E-state index in [0.29, 0.717) is 19.1 Å². The Kier molecular flexibility index (Phi) is 5.20. The first-order chi connectivity index (χ1) is 7.25. The highest BCUT2D eigenvalue weighted by Crippen LogP contribution is 2.15. The number of nitrogens with zero attached hydrogens (tertiary/aromatic N) is 1. The highest BCUT2D eigenvalue weighted by atomic mass is 16.2. The first kappa shape index (κ1) is 12.1. The van der Waals surface area contributed by atoms with Crippen LogP contribution in [0.25, 0.3) is 0 Å². The van der Waals surface area contributed by atoms with Gasteiger partial charge in [0.1, 0.15) is 0 Å². The molecule has 0 aromatic heterocycles. The fraction of sp³-hybridized carbons (Fsp3) is 0.750. The number of terminal acetylenes is 1. The van der Waals surface area contributed by atoms with Crippen LogP contribution in [-0.4, -0.2) is 36.5 Å². The number of carbonyl (C=O) groups is 1. The third-order valence-electron chi connectivity index (χ3n) is 2.88. The minimum Gasteiger partial charge on any atom is -0.339 e. The summed E-state index contributed by atoms with van der Waals surface area (Å²) in [5.41, 5.74) is 0. The van der Waals surface area contributed by atoms with Crippen molar-refractivity contribution in [3.05, 3.63) is 0 Å². The van der Waals surface area contributed by atoms with E-state index >= 15 is 0 Å². The van der Waals surface area contributed by atoms with Gasteiger partial charge in [-0.05, 0) is 19.8 Å². The second-order valence-electron chi connectivity index (χ2n) is 4.09. The maximum atomic E-state index is 11.8. The van der Waals surface area contributed by atoms with Gasteiger partial charge in [0.15, 0.2) is 0 Å². The Labute approximate surface area is 92.2 Å². The first-order valence-corrected chi connectivity index (χ1v) is 5.69. The fourth-order valence-electron chi connectivity index (χ4n) is 1.99. The van der Waals surface area contributed by atoms with E-state index in [0.717, 1.165) is 19.4 Å². The van der Waals surface area contributed by atoms with Crippen LogP contribution >= 0.6 is 0 Å². The third kappa shape index (κ3) is 3.93. The van der Waals surface area contributed by atoms with Gasteiger partial charge in [-0.25, -0.2) is 0 Å². The molecule has 84 valence electrons. The summed E-state index contributed by atoms with van der Waals surface area (Å²) in [6, 6.07) is 0.382. The summed E-state index contributed by atoms with van der Waals surface area (Å²) < 4.78 is 0. The number of likely N-dealkylation sites (tertiary alicyclic amines) is 1. The summed E-state index contributed by atoms with van der Waals surface area (Å²) in [4.78, 5) is 13.8. The third-order valence-corrected chi connectivity index (χ3v) is 2.88. The standard InChI is InChI=1S/C12H20N2O/c1-3-8-13-10-12(15)14-9-6-4-5-7-11(14)2/h1,11,13H,4-10H2,2H3. The molecule has 3 heteroatoms. The molecule has 1 aliphatic heterocycles. The first-order valence-electron chi connectivity index (χ1n) is 5.69. The lowest BCUT2D eigenvalue weighted by molar-refractivity contribution is -0.132. The average molecular weight is 208 g/mol. The van der Waals surface area contributed by atoms with Gasteiger partial charge in [0, 0.05) is 12.6 Å². The Bertz CT molecular complexity index is 244. The molecule has 1 atom stereocenters. The predicted molar refractivity (Wildman–Crippen MR) is 61.3 cm³/mol. The molecule has 0 bridgehead atoms. The smallest absolute Gasteiger partial charge is 0.236 e. The van der Waals surface area contributed by atoms with Crippen molar-refractivity contribution in [3.63, 3.8) is 0 Å². The van der Waals surface area contributed by atoms with Gasteiger partial charge in [-0.15, -0.1) is 6.42 Å². The van der Waals surface area contributed by atoms with Gasteiger partial charge in [-0.1, -0.05) is 18.8 Å². The van der Waals surface area contributed by atoms with Crippen LogP contribution in [0.4, 0.5) is 0 Å². The van der Waals surface area contributed by atoms with Crippen molar-refractivity contribution in [1.82, 2.24) is 10.2 Å². The topological polar surface area (TPSA) is 32.3 Å². The van der Waals surface area contributed by atoms with Crippen molar-refractivity contribution in [2.24, 2.45) is 0 Å². The average Bonchev–Trinajstić information content (AvgIpc) is 2.43. The van der Waals surface area contributed by atoms with Crippen LogP contribution in [0.5, 0.6) is 0 Å². The predicted octanol–water partition coefficient (Wildman–Crippen LogP) is 1.00. The number of amides is 1. The molecule has 0 radical (unpaired) electrons. The Hall–Kier alpha value is -1.01. The van der Waals surface area contributed by atoms with Crippen LogP contribution < -0.4 is 5.32 Å². The van der Waals surface area contributed by atoms with Crippen molar-refractivity contribution >= 4 is 5.91 Å². The van der Waals surface area contributed by atoms with Gasteiger partial charge in [0.2, 0.25) is 5.91 Å². The molecule has 0 spiro atoms. The van der Waals surface area contributed by atoms with Crippen molar-refractivity contribution in [2.45, 2.75) is 38.6 Å². The summed E-state index contributed by atoms with van der Waals surface area (Å²) in [7, 11) is 0. The van der Waals surface area contributed by atoms with Crippen LogP contribution in [0.3, 0.4) is 0 Å². The summed E-state index contributed by atoms with van der Waals surface area (Å²) >= 11 is 0. The van der Waals surface area contributed by atoms with Gasteiger partial charge in [0.25, 0.3) is 0 Å². The number of carbonyl (C=O) groups excluding carboxylic acids is 1. The molecule has 1 fully saturated rings. The Morgan fingerprint density at radius 2 is 2.33 bits per heavy atom. The van der Waals surface area contributed by atoms with Crippen LogP contribution in [0, 0.1) is 12.3 Å². The lowest BCUT2D eigenvalue weighted by Gasteiger charge is -2.27. The molecule has 0 aromatic carbocycles. The highest BCUT2D eigenvalue weighted by molar-refractivity contribution is 5.78. The number of nitrogens with one attached hydrogen (secondary N) is 1. The molecule has 1 amide bonds. The van der Waals surface area contributed by atoms with Crippen molar-refractivity contribution in [1.29, 1.82) is 0 Å². The second kappa shape index (κ2) is 6.47. The van der Waals surface area contributed by atoms with Gasteiger partial charge >= 0.3 is 0 Å². The molecule has 0 saturated carbocycles. The summed E-state index contributed by atoms with van der Waals surface area (Å²) in [6.07, 6.45) is 9.84. The van der Waals surface area contributed by atoms with E-state index in [4.69, 9.17) is 6.42 Å². The Morgan fingerprint density at radius 3 is 3.07 bits per heavy atom. The second-order valence-corrected chi connectivity index (χ2v) is 4.09. The lowest BCUT2D eigenvalue weighted by atomic mass is 10.1. The maximum Gasteiger partial charge on any atom is 0.236 e. The largest absolute Gasteiger partial charge is 0.339 e. The van der Waals surface area contributed by atoms with E-state index in [1.54, 1.807) is 0 Å². The SMILES string of the molecule is C#CCNCC(=O)N1CCCCCC1C. The molecule has 1 rings (SSSR count). The number of hydrogen-bond acceptors (Lipinski definition) is 2. The van der Waals surface area contributed by atoms with E-state index in [2.05, 4.69) is 18.2 Å². The molecular weight excluding hydrogens is 188 g/mol. The van der Waals surface area contributed by atoms with Crippen molar-refractivity contribution in [3.8, 4) is 12.3 Å². The zero-order valence-electron chi connectivity index (χ0n) is 9.46. The molecule has 1 saturated heterocycles. The van der Waals surface area contributed by atoms with E-state index in [1.807, 2.05) is 4.90 Å². The number of rotatable bonds is 3. The summed E-state index contributed by atoms with van der Waals surface area (Å²) in [5.74, 6) is 2.65. The van der Waals surface area contributed by atoms with Gasteiger partial charge in [-0.2, -0.15) is 0 Å².